The highest BCUT2D eigenvalue weighted by molar-refractivity contribution is 9.10. The molecule has 0 heterocycles. The van der Waals surface area contributed by atoms with Crippen LogP contribution in [0.25, 0.3) is 0 Å². The summed E-state index contributed by atoms with van der Waals surface area (Å²) < 4.78 is 52.0. The second kappa shape index (κ2) is 5.77. The molecule has 2 aromatic rings. The van der Waals surface area contributed by atoms with Gasteiger partial charge in [-0.3, -0.25) is 0 Å². The summed E-state index contributed by atoms with van der Waals surface area (Å²) in [5.74, 6) is -1.32. The summed E-state index contributed by atoms with van der Waals surface area (Å²) >= 11 is 3.36. The predicted molar refractivity (Wildman–Crippen MR) is 76.3 cm³/mol. The summed E-state index contributed by atoms with van der Waals surface area (Å²) in [5, 5.41) is 0. The van der Waals surface area contributed by atoms with Gasteiger partial charge in [-0.05, 0) is 41.8 Å². The molecule has 2 aromatic carbocycles. The highest BCUT2D eigenvalue weighted by Crippen LogP contribution is 2.33. The van der Waals surface area contributed by atoms with Crippen molar-refractivity contribution in [3.63, 3.8) is 0 Å². The lowest BCUT2D eigenvalue weighted by Crippen LogP contribution is -2.14. The van der Waals surface area contributed by atoms with E-state index in [4.69, 9.17) is 5.73 Å². The first-order valence-corrected chi connectivity index (χ1v) is 6.87. The van der Waals surface area contributed by atoms with Crippen molar-refractivity contribution in [3.8, 4) is 0 Å². The Kier molecular flexibility index (Phi) is 4.39. The van der Waals surface area contributed by atoms with Crippen LogP contribution in [0, 0.1) is 12.7 Å². The molecule has 0 aromatic heterocycles. The largest absolute Gasteiger partial charge is 0.419 e. The van der Waals surface area contributed by atoms with Crippen molar-refractivity contribution in [2.75, 3.05) is 0 Å². The smallest absolute Gasteiger partial charge is 0.320 e. The van der Waals surface area contributed by atoms with E-state index in [1.165, 1.54) is 6.07 Å². The molecular formula is C15H12BrF4N. The third-order valence-electron chi connectivity index (χ3n) is 3.21. The number of hydrogen-bond acceptors (Lipinski definition) is 1. The third kappa shape index (κ3) is 3.44. The minimum absolute atomic E-state index is 0.288. The molecule has 0 amide bonds. The van der Waals surface area contributed by atoms with Crippen LogP contribution < -0.4 is 5.73 Å². The predicted octanol–water partition coefficient (Wildman–Crippen LogP) is 4.96. The molecule has 21 heavy (non-hydrogen) atoms. The molecule has 2 rings (SSSR count). The maximum atomic E-state index is 13.6. The van der Waals surface area contributed by atoms with Crippen LogP contribution >= 0.6 is 15.9 Å². The van der Waals surface area contributed by atoms with Crippen molar-refractivity contribution in [1.82, 2.24) is 0 Å². The summed E-state index contributed by atoms with van der Waals surface area (Å²) in [6.07, 6.45) is -4.71. The summed E-state index contributed by atoms with van der Waals surface area (Å²) in [6, 6.07) is 7.42. The highest BCUT2D eigenvalue weighted by Gasteiger charge is 2.34. The van der Waals surface area contributed by atoms with Gasteiger partial charge in [0.25, 0.3) is 0 Å². The average molecular weight is 362 g/mol. The number of rotatable bonds is 2. The van der Waals surface area contributed by atoms with Gasteiger partial charge in [0.1, 0.15) is 5.82 Å². The van der Waals surface area contributed by atoms with E-state index in [1.54, 1.807) is 12.1 Å². The lowest BCUT2D eigenvalue weighted by molar-refractivity contribution is -0.140. The number of hydrogen-bond donors (Lipinski definition) is 1. The van der Waals surface area contributed by atoms with Crippen LogP contribution in [0.5, 0.6) is 0 Å². The van der Waals surface area contributed by atoms with Crippen molar-refractivity contribution in [2.24, 2.45) is 5.73 Å². The van der Waals surface area contributed by atoms with Crippen LogP contribution in [0.3, 0.4) is 0 Å². The Balaban J connectivity index is 2.38. The molecule has 1 atom stereocenters. The number of aryl methyl sites for hydroxylation is 1. The molecule has 1 nitrogen and oxygen atoms in total. The second-order valence-corrected chi connectivity index (χ2v) is 5.58. The monoisotopic (exact) mass is 361 g/mol. The van der Waals surface area contributed by atoms with Gasteiger partial charge in [0.05, 0.1) is 11.6 Å². The molecule has 0 saturated carbocycles. The van der Waals surface area contributed by atoms with Gasteiger partial charge in [-0.15, -0.1) is 0 Å². The molecule has 0 saturated heterocycles. The standard InChI is InChI=1S/C15H12BrF4N/c1-8-2-3-9(6-12(8)16)14(21)10-4-5-11(13(17)7-10)15(18,19)20/h2-7,14H,21H2,1H3. The van der Waals surface area contributed by atoms with E-state index in [0.29, 0.717) is 11.6 Å². The van der Waals surface area contributed by atoms with Crippen molar-refractivity contribution in [1.29, 1.82) is 0 Å². The van der Waals surface area contributed by atoms with Crippen LogP contribution in [-0.4, -0.2) is 0 Å². The maximum Gasteiger partial charge on any atom is 0.419 e. The molecule has 0 aliphatic carbocycles. The van der Waals surface area contributed by atoms with Gasteiger partial charge in [0, 0.05) is 4.47 Å². The minimum atomic E-state index is -4.71. The molecule has 6 heteroatoms. The van der Waals surface area contributed by atoms with Gasteiger partial charge in [0.15, 0.2) is 0 Å². The first kappa shape index (κ1) is 16.0. The van der Waals surface area contributed by atoms with Crippen molar-refractivity contribution in [3.05, 3.63) is 68.9 Å². The van der Waals surface area contributed by atoms with E-state index in [1.807, 2.05) is 13.0 Å². The Bertz CT molecular complexity index is 667. The van der Waals surface area contributed by atoms with Crippen LogP contribution in [0.1, 0.15) is 28.3 Å². The zero-order valence-corrected chi connectivity index (χ0v) is 12.6. The van der Waals surface area contributed by atoms with Gasteiger partial charge in [-0.2, -0.15) is 13.2 Å². The summed E-state index contributed by atoms with van der Waals surface area (Å²) in [5.41, 5.74) is 6.69. The van der Waals surface area contributed by atoms with Crippen molar-refractivity contribution in [2.45, 2.75) is 19.1 Å². The first-order valence-electron chi connectivity index (χ1n) is 6.08. The minimum Gasteiger partial charge on any atom is -0.320 e. The van der Waals surface area contributed by atoms with Crippen LogP contribution in [-0.2, 0) is 6.18 Å². The Labute approximate surface area is 127 Å². The Morgan fingerprint density at radius 3 is 2.14 bits per heavy atom. The van der Waals surface area contributed by atoms with Crippen LogP contribution in [0.4, 0.5) is 17.6 Å². The lowest BCUT2D eigenvalue weighted by atomic mass is 9.97. The fourth-order valence-corrected chi connectivity index (χ4v) is 2.35. The van der Waals surface area contributed by atoms with Gasteiger partial charge in [-0.1, -0.05) is 34.1 Å². The average Bonchev–Trinajstić information content (AvgIpc) is 2.39. The van der Waals surface area contributed by atoms with Crippen molar-refractivity contribution < 1.29 is 17.6 Å². The lowest BCUT2D eigenvalue weighted by Gasteiger charge is -2.15. The molecule has 0 bridgehead atoms. The second-order valence-electron chi connectivity index (χ2n) is 4.72. The van der Waals surface area contributed by atoms with Gasteiger partial charge >= 0.3 is 6.18 Å². The zero-order valence-electron chi connectivity index (χ0n) is 11.0. The van der Waals surface area contributed by atoms with E-state index in [0.717, 1.165) is 16.1 Å². The molecule has 0 spiro atoms. The number of benzene rings is 2. The van der Waals surface area contributed by atoms with Crippen LogP contribution in [0.15, 0.2) is 40.9 Å². The molecule has 0 radical (unpaired) electrons. The SMILES string of the molecule is Cc1ccc(C(N)c2ccc(C(F)(F)F)c(F)c2)cc1Br. The van der Waals surface area contributed by atoms with E-state index >= 15 is 0 Å². The van der Waals surface area contributed by atoms with E-state index < -0.39 is 23.6 Å². The zero-order chi connectivity index (χ0) is 15.8. The Hall–Kier alpha value is -1.40. The topological polar surface area (TPSA) is 26.0 Å². The summed E-state index contributed by atoms with van der Waals surface area (Å²) in [4.78, 5) is 0. The summed E-state index contributed by atoms with van der Waals surface area (Å²) in [6.45, 7) is 1.90. The van der Waals surface area contributed by atoms with E-state index in [-0.39, 0.29) is 5.56 Å². The fourth-order valence-electron chi connectivity index (χ4n) is 1.95. The van der Waals surface area contributed by atoms with E-state index in [9.17, 15) is 17.6 Å². The van der Waals surface area contributed by atoms with Gasteiger partial charge in [0.2, 0.25) is 0 Å². The first-order chi connectivity index (χ1) is 9.70. The number of alkyl halides is 3. The number of halogens is 5. The fraction of sp³-hybridized carbons (Fsp3) is 0.200. The highest BCUT2D eigenvalue weighted by atomic mass is 79.9. The summed E-state index contributed by atoms with van der Waals surface area (Å²) in [7, 11) is 0. The molecule has 2 N–H and O–H groups in total. The molecule has 1 unspecified atom stereocenters. The quantitative estimate of drug-likeness (QED) is 0.751. The molecule has 0 aliphatic heterocycles. The molecule has 0 fully saturated rings. The van der Waals surface area contributed by atoms with Gasteiger partial charge in [-0.25, -0.2) is 4.39 Å². The molecule has 112 valence electrons. The molecule has 0 aliphatic rings. The normalized spacial score (nSPS) is 13.3. The van der Waals surface area contributed by atoms with Crippen LogP contribution in [0.2, 0.25) is 0 Å². The Morgan fingerprint density at radius 2 is 1.62 bits per heavy atom. The maximum absolute atomic E-state index is 13.6. The number of nitrogens with two attached hydrogens (primary N) is 1. The van der Waals surface area contributed by atoms with E-state index in [2.05, 4.69) is 15.9 Å². The van der Waals surface area contributed by atoms with Gasteiger partial charge < -0.3 is 5.73 Å². The molecular weight excluding hydrogens is 350 g/mol. The Morgan fingerprint density at radius 1 is 1.05 bits per heavy atom. The third-order valence-corrected chi connectivity index (χ3v) is 4.07. The van der Waals surface area contributed by atoms with Crippen molar-refractivity contribution >= 4 is 15.9 Å².